The predicted octanol–water partition coefficient (Wildman–Crippen LogP) is -2.14. The summed E-state index contributed by atoms with van der Waals surface area (Å²) in [7, 11) is -3.62. The van der Waals surface area contributed by atoms with Crippen LogP contribution in [-0.4, -0.2) is 48.9 Å². The summed E-state index contributed by atoms with van der Waals surface area (Å²) >= 11 is 0. The molecular weight excluding hydrogens is 252 g/mol. The number of amides is 2. The number of sulfone groups is 1. The quantitative estimate of drug-likeness (QED) is 0.500. The third kappa shape index (κ3) is 5.29. The highest BCUT2D eigenvalue weighted by Gasteiger charge is 2.29. The van der Waals surface area contributed by atoms with E-state index in [1.54, 1.807) is 0 Å². The lowest BCUT2D eigenvalue weighted by atomic mass is 10.2. The number of carbonyl (C=O) groups excluding carboxylic acids is 2. The van der Waals surface area contributed by atoms with Gasteiger partial charge in [0.15, 0.2) is 9.84 Å². The highest BCUT2D eigenvalue weighted by molar-refractivity contribution is 7.92. The van der Waals surface area contributed by atoms with E-state index in [4.69, 9.17) is 10.8 Å². The third-order valence-electron chi connectivity index (χ3n) is 2.03. The van der Waals surface area contributed by atoms with Crippen LogP contribution in [0.5, 0.6) is 0 Å². The molecule has 2 amide bonds. The van der Waals surface area contributed by atoms with Crippen LogP contribution in [0, 0.1) is 0 Å². The fraction of sp³-hybridized carbons (Fsp3) is 0.625. The number of carboxylic acids is 1. The Kier molecular flexibility index (Phi) is 5.08. The van der Waals surface area contributed by atoms with Gasteiger partial charge in [0.1, 0.15) is 11.3 Å². The second-order valence-corrected chi connectivity index (χ2v) is 5.91. The van der Waals surface area contributed by atoms with Gasteiger partial charge in [-0.25, -0.2) is 13.2 Å². The number of aliphatic carboxylic acids is 1. The van der Waals surface area contributed by atoms with Crippen molar-refractivity contribution in [1.29, 1.82) is 0 Å². The molecule has 0 saturated heterocycles. The van der Waals surface area contributed by atoms with Gasteiger partial charge in [0.05, 0.1) is 6.42 Å². The van der Waals surface area contributed by atoms with Crippen molar-refractivity contribution in [3.8, 4) is 0 Å². The Labute approximate surface area is 98.1 Å². The summed E-state index contributed by atoms with van der Waals surface area (Å²) in [6.45, 7) is 1.12. The van der Waals surface area contributed by atoms with Gasteiger partial charge in [-0.1, -0.05) is 0 Å². The number of primary amides is 1. The molecule has 0 aromatic carbocycles. The van der Waals surface area contributed by atoms with Gasteiger partial charge in [-0.15, -0.1) is 0 Å². The van der Waals surface area contributed by atoms with Gasteiger partial charge >= 0.3 is 5.97 Å². The first-order valence-corrected chi connectivity index (χ1v) is 6.51. The number of hydrogen-bond donors (Lipinski definition) is 3. The standard InChI is InChI=1S/C8H14N2O6S/c1-4(17(2,15)16)7(12)10-5(8(13)14)3-6(9)11/h4-5H,3H2,1-2H3,(H2,9,11)(H,10,12)(H,13,14)/t4?,5-/m1/s1. The monoisotopic (exact) mass is 266 g/mol. The van der Waals surface area contributed by atoms with E-state index in [0.717, 1.165) is 13.2 Å². The lowest BCUT2D eigenvalue weighted by Crippen LogP contribution is -2.48. The molecule has 8 nitrogen and oxygen atoms in total. The van der Waals surface area contributed by atoms with Crippen molar-refractivity contribution in [2.24, 2.45) is 5.73 Å². The molecule has 9 heteroatoms. The zero-order chi connectivity index (χ0) is 13.8. The van der Waals surface area contributed by atoms with Crippen LogP contribution in [0.1, 0.15) is 13.3 Å². The fourth-order valence-corrected chi connectivity index (χ4v) is 1.34. The third-order valence-corrected chi connectivity index (χ3v) is 3.53. The van der Waals surface area contributed by atoms with Crippen molar-refractivity contribution in [2.75, 3.05) is 6.26 Å². The van der Waals surface area contributed by atoms with E-state index >= 15 is 0 Å². The van der Waals surface area contributed by atoms with Crippen LogP contribution in [0.15, 0.2) is 0 Å². The van der Waals surface area contributed by atoms with Crippen molar-refractivity contribution < 1.29 is 27.9 Å². The molecule has 0 bridgehead atoms. The first kappa shape index (κ1) is 15.4. The van der Waals surface area contributed by atoms with Gasteiger partial charge in [0, 0.05) is 6.26 Å². The summed E-state index contributed by atoms with van der Waals surface area (Å²) in [4.78, 5) is 32.6. The van der Waals surface area contributed by atoms with Gasteiger partial charge in [0.25, 0.3) is 0 Å². The average molecular weight is 266 g/mol. The molecule has 4 N–H and O–H groups in total. The van der Waals surface area contributed by atoms with Crippen LogP contribution >= 0.6 is 0 Å². The molecule has 0 aromatic rings. The molecular formula is C8H14N2O6S. The molecule has 0 heterocycles. The number of carboxylic acid groups (broad SMARTS) is 1. The predicted molar refractivity (Wildman–Crippen MR) is 57.7 cm³/mol. The molecule has 0 spiro atoms. The summed E-state index contributed by atoms with van der Waals surface area (Å²) < 4.78 is 22.1. The summed E-state index contributed by atoms with van der Waals surface area (Å²) in [6, 6.07) is -1.52. The SMILES string of the molecule is CC(C(=O)N[C@H](CC(N)=O)C(=O)O)S(C)(=O)=O. The molecule has 0 fully saturated rings. The minimum Gasteiger partial charge on any atom is -0.480 e. The molecule has 17 heavy (non-hydrogen) atoms. The van der Waals surface area contributed by atoms with Crippen molar-refractivity contribution in [2.45, 2.75) is 24.6 Å². The van der Waals surface area contributed by atoms with Crippen LogP contribution in [0.3, 0.4) is 0 Å². The first-order valence-electron chi connectivity index (χ1n) is 4.56. The van der Waals surface area contributed by atoms with E-state index in [0.29, 0.717) is 0 Å². The van der Waals surface area contributed by atoms with Crippen LogP contribution in [-0.2, 0) is 24.2 Å². The first-order chi connectivity index (χ1) is 7.55. The van der Waals surface area contributed by atoms with Crippen LogP contribution in [0.2, 0.25) is 0 Å². The number of rotatable bonds is 6. The molecule has 0 radical (unpaired) electrons. The normalized spacial score (nSPS) is 14.7. The molecule has 0 rings (SSSR count). The van der Waals surface area contributed by atoms with E-state index in [9.17, 15) is 22.8 Å². The second-order valence-electron chi connectivity index (χ2n) is 3.54. The largest absolute Gasteiger partial charge is 0.480 e. The van der Waals surface area contributed by atoms with E-state index in [1.807, 2.05) is 5.32 Å². The van der Waals surface area contributed by atoms with Crippen LogP contribution in [0.25, 0.3) is 0 Å². The smallest absolute Gasteiger partial charge is 0.326 e. The Morgan fingerprint density at radius 1 is 1.35 bits per heavy atom. The molecule has 0 aliphatic carbocycles. The molecule has 98 valence electrons. The van der Waals surface area contributed by atoms with Gasteiger partial charge in [-0.3, -0.25) is 9.59 Å². The minimum absolute atomic E-state index is 0.600. The number of hydrogen-bond acceptors (Lipinski definition) is 5. The Hall–Kier alpha value is -1.64. The average Bonchev–Trinajstić information content (AvgIpc) is 2.13. The van der Waals surface area contributed by atoms with Crippen molar-refractivity contribution in [3.63, 3.8) is 0 Å². The zero-order valence-corrected chi connectivity index (χ0v) is 10.2. The Morgan fingerprint density at radius 2 is 1.82 bits per heavy atom. The second kappa shape index (κ2) is 5.62. The molecule has 0 aliphatic heterocycles. The highest BCUT2D eigenvalue weighted by Crippen LogP contribution is 2.00. The molecule has 1 unspecified atom stereocenters. The number of nitrogens with two attached hydrogens (primary N) is 1. The molecule has 0 saturated carbocycles. The van der Waals surface area contributed by atoms with Crippen LogP contribution in [0.4, 0.5) is 0 Å². The number of nitrogens with one attached hydrogen (secondary N) is 1. The maximum atomic E-state index is 11.4. The van der Waals surface area contributed by atoms with Gasteiger partial charge in [-0.05, 0) is 6.92 Å². The van der Waals surface area contributed by atoms with Crippen LogP contribution < -0.4 is 11.1 Å². The van der Waals surface area contributed by atoms with Crippen molar-refractivity contribution >= 4 is 27.6 Å². The van der Waals surface area contributed by atoms with Crippen molar-refractivity contribution in [3.05, 3.63) is 0 Å². The van der Waals surface area contributed by atoms with Gasteiger partial charge < -0.3 is 16.2 Å². The topological polar surface area (TPSA) is 144 Å². The molecule has 2 atom stereocenters. The molecule has 0 aromatic heterocycles. The summed E-state index contributed by atoms with van der Waals surface area (Å²) in [5.41, 5.74) is 4.80. The number of carbonyl (C=O) groups is 3. The maximum absolute atomic E-state index is 11.4. The van der Waals surface area contributed by atoms with E-state index in [1.165, 1.54) is 0 Å². The summed E-state index contributed by atoms with van der Waals surface area (Å²) in [5, 5.41) is 9.23. The van der Waals surface area contributed by atoms with Gasteiger partial charge in [-0.2, -0.15) is 0 Å². The Morgan fingerprint density at radius 3 is 2.12 bits per heavy atom. The summed E-state index contributed by atoms with van der Waals surface area (Å²) in [5.74, 6) is -3.36. The summed E-state index contributed by atoms with van der Waals surface area (Å²) in [6.07, 6.45) is 0.249. The highest BCUT2D eigenvalue weighted by atomic mass is 32.2. The molecule has 0 aliphatic rings. The van der Waals surface area contributed by atoms with E-state index < -0.39 is 45.3 Å². The fourth-order valence-electron chi connectivity index (χ4n) is 0.885. The Balaban J connectivity index is 4.74. The van der Waals surface area contributed by atoms with E-state index in [2.05, 4.69) is 0 Å². The lowest BCUT2D eigenvalue weighted by molar-refractivity contribution is -0.143. The maximum Gasteiger partial charge on any atom is 0.326 e. The van der Waals surface area contributed by atoms with E-state index in [-0.39, 0.29) is 0 Å². The van der Waals surface area contributed by atoms with Crippen molar-refractivity contribution in [1.82, 2.24) is 5.32 Å². The van der Waals surface area contributed by atoms with Gasteiger partial charge in [0.2, 0.25) is 11.8 Å². The minimum atomic E-state index is -3.62. The Bertz CT molecular complexity index is 429. The lowest BCUT2D eigenvalue weighted by Gasteiger charge is -2.15. The zero-order valence-electron chi connectivity index (χ0n) is 9.34.